The number of benzene rings is 1. The molecule has 0 amide bonds. The van der Waals surface area contributed by atoms with Gasteiger partial charge in [0, 0.05) is 12.5 Å². The standard InChI is InChI=1S/C23H36O4Si/c1-19(27-28(5,6)23(2,3)4)12-10-16-21(24)18-22(25)26-17-11-15-20-13-8-7-9-14-20/h7-9,11,13-15,19H,10,12,16-18H2,1-6H3/b15-11+/t19-/m1/s1. The number of carbonyl (C=O) groups is 2. The quantitative estimate of drug-likeness (QED) is 0.266. The van der Waals surface area contributed by atoms with Gasteiger partial charge in [-0.25, -0.2) is 0 Å². The first-order chi connectivity index (χ1) is 13.0. The first kappa shape index (κ1) is 24.3. The van der Waals surface area contributed by atoms with Gasteiger partial charge in [0.05, 0.1) is 0 Å². The van der Waals surface area contributed by atoms with Crippen LogP contribution in [0.4, 0.5) is 0 Å². The van der Waals surface area contributed by atoms with Crippen LogP contribution in [-0.2, 0) is 18.8 Å². The van der Waals surface area contributed by atoms with E-state index in [0.717, 1.165) is 18.4 Å². The Morgan fingerprint density at radius 1 is 1.14 bits per heavy atom. The molecule has 0 radical (unpaired) electrons. The normalized spacial score (nSPS) is 13.5. The van der Waals surface area contributed by atoms with Crippen LogP contribution in [0.1, 0.15) is 58.9 Å². The van der Waals surface area contributed by atoms with Gasteiger partial charge in [-0.05, 0) is 49.5 Å². The molecule has 0 saturated carbocycles. The number of hydrogen-bond donors (Lipinski definition) is 0. The second kappa shape index (κ2) is 11.3. The summed E-state index contributed by atoms with van der Waals surface area (Å²) in [6.45, 7) is 13.4. The number of Topliss-reactive ketones (excluding diaryl/α,β-unsaturated/α-hetero) is 1. The molecule has 1 aromatic rings. The monoisotopic (exact) mass is 404 g/mol. The molecule has 0 aliphatic rings. The first-order valence-corrected chi connectivity index (χ1v) is 13.0. The molecule has 28 heavy (non-hydrogen) atoms. The zero-order valence-electron chi connectivity index (χ0n) is 18.3. The van der Waals surface area contributed by atoms with Crippen molar-refractivity contribution in [3.8, 4) is 0 Å². The second-order valence-electron chi connectivity index (χ2n) is 8.79. The van der Waals surface area contributed by atoms with Gasteiger partial charge < -0.3 is 9.16 Å². The van der Waals surface area contributed by atoms with Gasteiger partial charge >= 0.3 is 5.97 Å². The van der Waals surface area contributed by atoms with Gasteiger partial charge in [-0.15, -0.1) is 0 Å². The Morgan fingerprint density at radius 2 is 1.79 bits per heavy atom. The fourth-order valence-corrected chi connectivity index (χ4v) is 3.99. The van der Waals surface area contributed by atoms with E-state index in [-0.39, 0.29) is 30.0 Å². The molecule has 0 saturated heterocycles. The maximum atomic E-state index is 12.0. The Balaban J connectivity index is 2.22. The van der Waals surface area contributed by atoms with E-state index < -0.39 is 14.3 Å². The molecule has 0 heterocycles. The highest BCUT2D eigenvalue weighted by molar-refractivity contribution is 6.74. The zero-order chi connectivity index (χ0) is 21.2. The third kappa shape index (κ3) is 9.47. The molecule has 1 atom stereocenters. The van der Waals surface area contributed by atoms with Crippen molar-refractivity contribution in [3.63, 3.8) is 0 Å². The van der Waals surface area contributed by atoms with Crippen LogP contribution in [-0.4, -0.2) is 32.8 Å². The van der Waals surface area contributed by atoms with Crippen molar-refractivity contribution in [2.24, 2.45) is 0 Å². The maximum Gasteiger partial charge on any atom is 0.313 e. The summed E-state index contributed by atoms with van der Waals surface area (Å²) in [5, 5.41) is 0.176. The summed E-state index contributed by atoms with van der Waals surface area (Å²) < 4.78 is 11.4. The van der Waals surface area contributed by atoms with Crippen LogP contribution in [0.15, 0.2) is 36.4 Å². The summed E-state index contributed by atoms with van der Waals surface area (Å²) >= 11 is 0. The maximum absolute atomic E-state index is 12.0. The van der Waals surface area contributed by atoms with E-state index in [9.17, 15) is 9.59 Å². The second-order valence-corrected chi connectivity index (χ2v) is 13.5. The van der Waals surface area contributed by atoms with Gasteiger partial charge in [0.1, 0.15) is 18.8 Å². The summed E-state index contributed by atoms with van der Waals surface area (Å²) in [7, 11) is -1.78. The highest BCUT2D eigenvalue weighted by atomic mass is 28.4. The molecule has 1 rings (SSSR count). The van der Waals surface area contributed by atoms with E-state index in [1.165, 1.54) is 0 Å². The minimum Gasteiger partial charge on any atom is -0.461 e. The van der Waals surface area contributed by atoms with Gasteiger partial charge in [-0.1, -0.05) is 57.2 Å². The van der Waals surface area contributed by atoms with Crippen LogP contribution in [0, 0.1) is 0 Å². The minimum absolute atomic E-state index is 0.0726. The Morgan fingerprint density at radius 3 is 2.39 bits per heavy atom. The summed E-state index contributed by atoms with van der Waals surface area (Å²) in [4.78, 5) is 23.7. The molecular formula is C23H36O4Si. The van der Waals surface area contributed by atoms with Gasteiger partial charge in [0.25, 0.3) is 0 Å². The molecule has 4 nitrogen and oxygen atoms in total. The van der Waals surface area contributed by atoms with Crippen LogP contribution in [0.3, 0.4) is 0 Å². The lowest BCUT2D eigenvalue weighted by molar-refractivity contribution is -0.144. The highest BCUT2D eigenvalue weighted by Crippen LogP contribution is 2.37. The summed E-state index contributed by atoms with van der Waals surface area (Å²) in [5.74, 6) is -0.537. The lowest BCUT2D eigenvalue weighted by atomic mass is 10.1. The lowest BCUT2D eigenvalue weighted by Gasteiger charge is -2.38. The predicted molar refractivity (Wildman–Crippen MR) is 118 cm³/mol. The summed E-state index contributed by atoms with van der Waals surface area (Å²) in [6.07, 6.45) is 5.58. The van der Waals surface area contributed by atoms with Crippen LogP contribution in [0.25, 0.3) is 6.08 Å². The van der Waals surface area contributed by atoms with Gasteiger partial charge in [-0.2, -0.15) is 0 Å². The molecule has 0 aromatic heterocycles. The Labute approximate surface area is 171 Å². The molecule has 0 N–H and O–H groups in total. The van der Waals surface area contributed by atoms with E-state index in [0.29, 0.717) is 6.42 Å². The number of ether oxygens (including phenoxy) is 1. The van der Waals surface area contributed by atoms with Crippen LogP contribution in [0.5, 0.6) is 0 Å². The highest BCUT2D eigenvalue weighted by Gasteiger charge is 2.38. The molecular weight excluding hydrogens is 368 g/mol. The van der Waals surface area contributed by atoms with Crippen molar-refractivity contribution in [1.82, 2.24) is 0 Å². The molecule has 0 aliphatic carbocycles. The topological polar surface area (TPSA) is 52.6 Å². The molecule has 0 unspecified atom stereocenters. The zero-order valence-corrected chi connectivity index (χ0v) is 19.3. The summed E-state index contributed by atoms with van der Waals surface area (Å²) in [6, 6.07) is 9.78. The Hall–Kier alpha value is -1.72. The van der Waals surface area contributed by atoms with Crippen molar-refractivity contribution in [3.05, 3.63) is 42.0 Å². The molecule has 0 bridgehead atoms. The van der Waals surface area contributed by atoms with Crippen LogP contribution >= 0.6 is 0 Å². The van der Waals surface area contributed by atoms with Gasteiger partial charge in [0.15, 0.2) is 8.32 Å². The average Bonchev–Trinajstić information content (AvgIpc) is 2.58. The van der Waals surface area contributed by atoms with Crippen LogP contribution in [0.2, 0.25) is 18.1 Å². The number of esters is 1. The number of hydrogen-bond acceptors (Lipinski definition) is 4. The fourth-order valence-electron chi connectivity index (χ4n) is 2.52. The van der Waals surface area contributed by atoms with Crippen LogP contribution < -0.4 is 0 Å². The van der Waals surface area contributed by atoms with Gasteiger partial charge in [0.2, 0.25) is 0 Å². The number of ketones is 1. The molecule has 5 heteroatoms. The van der Waals surface area contributed by atoms with Crippen molar-refractivity contribution in [2.45, 2.75) is 77.6 Å². The number of carbonyl (C=O) groups excluding carboxylic acids is 2. The number of rotatable bonds is 11. The Bertz CT molecular complexity index is 644. The van der Waals surface area contributed by atoms with E-state index in [4.69, 9.17) is 9.16 Å². The largest absolute Gasteiger partial charge is 0.461 e. The molecule has 1 aromatic carbocycles. The third-order valence-electron chi connectivity index (χ3n) is 5.16. The minimum atomic E-state index is -1.78. The van der Waals surface area contributed by atoms with E-state index >= 15 is 0 Å². The van der Waals surface area contributed by atoms with E-state index in [1.54, 1.807) is 6.08 Å². The molecule has 0 spiro atoms. The fraction of sp³-hybridized carbons (Fsp3) is 0.565. The average molecular weight is 405 g/mol. The van der Waals surface area contributed by atoms with Crippen molar-refractivity contribution >= 4 is 26.1 Å². The molecule has 0 aliphatic heterocycles. The van der Waals surface area contributed by atoms with Crippen molar-refractivity contribution in [2.75, 3.05) is 6.61 Å². The van der Waals surface area contributed by atoms with Gasteiger partial charge in [-0.3, -0.25) is 9.59 Å². The summed E-state index contributed by atoms with van der Waals surface area (Å²) in [5.41, 5.74) is 1.05. The molecule has 156 valence electrons. The lowest BCUT2D eigenvalue weighted by Crippen LogP contribution is -2.43. The first-order valence-electron chi connectivity index (χ1n) is 10.1. The van der Waals surface area contributed by atoms with E-state index in [1.807, 2.05) is 36.4 Å². The van der Waals surface area contributed by atoms with Crippen molar-refractivity contribution in [1.29, 1.82) is 0 Å². The molecule has 0 fully saturated rings. The van der Waals surface area contributed by atoms with Crippen molar-refractivity contribution < 1.29 is 18.8 Å². The smallest absolute Gasteiger partial charge is 0.313 e. The Kier molecular flexibility index (Phi) is 9.83. The SMILES string of the molecule is C[C@H](CCCC(=O)CC(=O)OC/C=C/c1ccccc1)O[Si](C)(C)C(C)(C)C. The predicted octanol–water partition coefficient (Wildman–Crippen LogP) is 5.78. The third-order valence-corrected chi connectivity index (χ3v) is 9.76. The van der Waals surface area contributed by atoms with E-state index in [2.05, 4.69) is 40.8 Å².